The Kier molecular flexibility index (Phi) is 4.35. The van der Waals surface area contributed by atoms with Crippen molar-refractivity contribution in [2.75, 3.05) is 13.7 Å². The van der Waals surface area contributed by atoms with Gasteiger partial charge in [0.15, 0.2) is 5.82 Å². The number of alkyl halides is 1. The van der Waals surface area contributed by atoms with Crippen LogP contribution in [0.5, 0.6) is 0 Å². The highest BCUT2D eigenvalue weighted by molar-refractivity contribution is 6.20. The predicted molar refractivity (Wildman–Crippen MR) is 53.3 cm³/mol. The summed E-state index contributed by atoms with van der Waals surface area (Å²) in [4.78, 5) is 4.17. The fourth-order valence-corrected chi connectivity index (χ4v) is 1.24. The van der Waals surface area contributed by atoms with Gasteiger partial charge in [-0.3, -0.25) is 0 Å². The standard InChI is InChI=1S/C9H15ClN2O2/c1-6(5-13-3)4-8-11-9(7(2)10)12-14-8/h6-7H,4-5H2,1-3H3. The molecule has 0 aliphatic rings. The van der Waals surface area contributed by atoms with Crippen LogP contribution in [0.1, 0.15) is 30.9 Å². The lowest BCUT2D eigenvalue weighted by atomic mass is 10.1. The Morgan fingerprint density at radius 3 is 2.71 bits per heavy atom. The second-order valence-electron chi connectivity index (χ2n) is 3.43. The average molecular weight is 219 g/mol. The summed E-state index contributed by atoms with van der Waals surface area (Å²) in [5.41, 5.74) is 0. The molecule has 1 rings (SSSR count). The van der Waals surface area contributed by atoms with E-state index in [1.807, 2.05) is 6.92 Å². The van der Waals surface area contributed by atoms with Crippen LogP contribution in [0.15, 0.2) is 4.52 Å². The summed E-state index contributed by atoms with van der Waals surface area (Å²) in [7, 11) is 1.68. The fourth-order valence-electron chi connectivity index (χ4n) is 1.15. The number of methoxy groups -OCH3 is 1. The molecule has 14 heavy (non-hydrogen) atoms. The molecule has 0 aliphatic heterocycles. The highest BCUT2D eigenvalue weighted by Crippen LogP contribution is 2.16. The van der Waals surface area contributed by atoms with E-state index in [2.05, 4.69) is 17.1 Å². The van der Waals surface area contributed by atoms with Crippen molar-refractivity contribution in [1.82, 2.24) is 10.1 Å². The van der Waals surface area contributed by atoms with E-state index in [1.165, 1.54) is 0 Å². The Balaban J connectivity index is 2.51. The maximum atomic E-state index is 5.80. The van der Waals surface area contributed by atoms with Gasteiger partial charge in [-0.1, -0.05) is 12.1 Å². The number of hydrogen-bond acceptors (Lipinski definition) is 4. The summed E-state index contributed by atoms with van der Waals surface area (Å²) in [6, 6.07) is 0. The molecular formula is C9H15ClN2O2. The van der Waals surface area contributed by atoms with Crippen LogP contribution in [0.3, 0.4) is 0 Å². The molecule has 0 amide bonds. The normalized spacial score (nSPS) is 15.4. The first-order valence-corrected chi connectivity index (χ1v) is 5.02. The molecule has 2 unspecified atom stereocenters. The second kappa shape index (κ2) is 5.32. The van der Waals surface area contributed by atoms with Crippen LogP contribution >= 0.6 is 11.6 Å². The van der Waals surface area contributed by atoms with Gasteiger partial charge in [0.1, 0.15) is 0 Å². The predicted octanol–water partition coefficient (Wildman–Crippen LogP) is 2.19. The van der Waals surface area contributed by atoms with Crippen molar-refractivity contribution in [3.05, 3.63) is 11.7 Å². The molecule has 0 bridgehead atoms. The summed E-state index contributed by atoms with van der Waals surface area (Å²) in [6.07, 6.45) is 0.727. The summed E-state index contributed by atoms with van der Waals surface area (Å²) >= 11 is 5.80. The molecule has 0 N–H and O–H groups in total. The molecule has 0 saturated carbocycles. The lowest BCUT2D eigenvalue weighted by Crippen LogP contribution is -2.07. The molecule has 2 atom stereocenters. The zero-order chi connectivity index (χ0) is 10.6. The molecule has 1 aromatic heterocycles. The van der Waals surface area contributed by atoms with Crippen molar-refractivity contribution in [2.45, 2.75) is 25.6 Å². The smallest absolute Gasteiger partial charge is 0.227 e. The second-order valence-corrected chi connectivity index (χ2v) is 4.08. The number of rotatable bonds is 5. The van der Waals surface area contributed by atoms with E-state index in [1.54, 1.807) is 7.11 Å². The van der Waals surface area contributed by atoms with Gasteiger partial charge in [0, 0.05) is 20.1 Å². The molecule has 5 heteroatoms. The zero-order valence-electron chi connectivity index (χ0n) is 8.66. The van der Waals surface area contributed by atoms with Gasteiger partial charge in [-0.05, 0) is 12.8 Å². The molecule has 0 saturated heterocycles. The van der Waals surface area contributed by atoms with E-state index in [-0.39, 0.29) is 5.38 Å². The van der Waals surface area contributed by atoms with Crippen molar-refractivity contribution >= 4 is 11.6 Å². The molecule has 0 spiro atoms. The first kappa shape index (κ1) is 11.5. The van der Waals surface area contributed by atoms with Gasteiger partial charge in [-0.2, -0.15) is 4.98 Å². The zero-order valence-corrected chi connectivity index (χ0v) is 9.41. The van der Waals surface area contributed by atoms with Crippen molar-refractivity contribution < 1.29 is 9.26 Å². The molecule has 1 heterocycles. The number of hydrogen-bond donors (Lipinski definition) is 0. The van der Waals surface area contributed by atoms with Gasteiger partial charge in [-0.25, -0.2) is 0 Å². The third-order valence-electron chi connectivity index (χ3n) is 1.81. The first-order chi connectivity index (χ1) is 6.63. The van der Waals surface area contributed by atoms with Crippen molar-refractivity contribution in [3.8, 4) is 0 Å². The van der Waals surface area contributed by atoms with Crippen LogP contribution in [-0.2, 0) is 11.2 Å². The molecule has 1 aromatic rings. The highest BCUT2D eigenvalue weighted by Gasteiger charge is 2.13. The molecule has 80 valence electrons. The SMILES string of the molecule is COCC(C)Cc1nc(C(C)Cl)no1. The fraction of sp³-hybridized carbons (Fsp3) is 0.778. The number of halogens is 1. The van der Waals surface area contributed by atoms with Crippen LogP contribution in [0.25, 0.3) is 0 Å². The molecule has 0 fully saturated rings. The lowest BCUT2D eigenvalue weighted by molar-refractivity contribution is 0.155. The van der Waals surface area contributed by atoms with E-state index < -0.39 is 0 Å². The number of ether oxygens (including phenoxy) is 1. The molecule has 4 nitrogen and oxygen atoms in total. The third-order valence-corrected chi connectivity index (χ3v) is 2.01. The van der Waals surface area contributed by atoms with Gasteiger partial charge in [0.05, 0.1) is 5.38 Å². The van der Waals surface area contributed by atoms with E-state index in [0.29, 0.717) is 24.2 Å². The Morgan fingerprint density at radius 2 is 2.21 bits per heavy atom. The van der Waals surface area contributed by atoms with Crippen LogP contribution in [0, 0.1) is 5.92 Å². The van der Waals surface area contributed by atoms with Gasteiger partial charge in [0.2, 0.25) is 5.89 Å². The van der Waals surface area contributed by atoms with E-state index >= 15 is 0 Å². The average Bonchev–Trinajstić information content (AvgIpc) is 2.53. The summed E-state index contributed by atoms with van der Waals surface area (Å²) in [5, 5.41) is 3.57. The Morgan fingerprint density at radius 1 is 1.50 bits per heavy atom. The first-order valence-electron chi connectivity index (χ1n) is 4.59. The monoisotopic (exact) mass is 218 g/mol. The van der Waals surface area contributed by atoms with Crippen LogP contribution in [0.4, 0.5) is 0 Å². The van der Waals surface area contributed by atoms with Gasteiger partial charge >= 0.3 is 0 Å². The Hall–Kier alpha value is -0.610. The largest absolute Gasteiger partial charge is 0.384 e. The summed E-state index contributed by atoms with van der Waals surface area (Å²) in [5.74, 6) is 1.54. The molecule has 0 radical (unpaired) electrons. The number of aromatic nitrogens is 2. The summed E-state index contributed by atoms with van der Waals surface area (Å²) < 4.78 is 10.1. The van der Waals surface area contributed by atoms with Gasteiger partial charge in [-0.15, -0.1) is 11.6 Å². The topological polar surface area (TPSA) is 48.2 Å². The minimum Gasteiger partial charge on any atom is -0.384 e. The quantitative estimate of drug-likeness (QED) is 0.711. The Labute approximate surface area is 88.6 Å². The maximum Gasteiger partial charge on any atom is 0.227 e. The van der Waals surface area contributed by atoms with Gasteiger partial charge < -0.3 is 9.26 Å². The summed E-state index contributed by atoms with van der Waals surface area (Å²) in [6.45, 7) is 4.57. The number of nitrogens with zero attached hydrogens (tertiary/aromatic N) is 2. The lowest BCUT2D eigenvalue weighted by Gasteiger charge is -2.05. The van der Waals surface area contributed by atoms with Crippen molar-refractivity contribution in [3.63, 3.8) is 0 Å². The van der Waals surface area contributed by atoms with Crippen LogP contribution in [0.2, 0.25) is 0 Å². The van der Waals surface area contributed by atoms with E-state index in [9.17, 15) is 0 Å². The van der Waals surface area contributed by atoms with Crippen LogP contribution in [-0.4, -0.2) is 23.9 Å². The Bertz CT molecular complexity index is 276. The highest BCUT2D eigenvalue weighted by atomic mass is 35.5. The molecule has 0 aliphatic carbocycles. The molecular weight excluding hydrogens is 204 g/mol. The minimum absolute atomic E-state index is 0.203. The third kappa shape index (κ3) is 3.27. The van der Waals surface area contributed by atoms with Crippen molar-refractivity contribution in [2.24, 2.45) is 5.92 Å². The van der Waals surface area contributed by atoms with Crippen LogP contribution < -0.4 is 0 Å². The van der Waals surface area contributed by atoms with Crippen molar-refractivity contribution in [1.29, 1.82) is 0 Å². The van der Waals surface area contributed by atoms with Gasteiger partial charge in [0.25, 0.3) is 0 Å². The molecule has 0 aromatic carbocycles. The maximum absolute atomic E-state index is 5.80. The van der Waals surface area contributed by atoms with E-state index in [0.717, 1.165) is 6.42 Å². The van der Waals surface area contributed by atoms with E-state index in [4.69, 9.17) is 20.9 Å². The minimum atomic E-state index is -0.203.